The highest BCUT2D eigenvalue weighted by Crippen LogP contribution is 2.16. The number of benzene rings is 1. The molecule has 0 saturated carbocycles. The number of nitrogens with two attached hydrogens (primary N) is 1. The standard InChI is InChI=1S/C11H18N2O2S/c1-9-4-6-11(7-5-9)16(14,15)13(3)10(2)8-12/h4-7,10H,8,12H2,1-3H3/t10-/m1/s1. The van der Waals surface area contributed by atoms with E-state index in [-0.39, 0.29) is 6.04 Å². The van der Waals surface area contributed by atoms with Crippen LogP contribution in [-0.2, 0) is 10.0 Å². The molecule has 0 aliphatic carbocycles. The zero-order chi connectivity index (χ0) is 12.3. The minimum absolute atomic E-state index is 0.202. The van der Waals surface area contributed by atoms with Gasteiger partial charge >= 0.3 is 0 Å². The van der Waals surface area contributed by atoms with E-state index in [2.05, 4.69) is 0 Å². The first-order valence-electron chi connectivity index (χ1n) is 5.14. The molecule has 0 fully saturated rings. The van der Waals surface area contributed by atoms with E-state index in [0.717, 1.165) is 5.56 Å². The average Bonchev–Trinajstić information content (AvgIpc) is 2.27. The molecule has 90 valence electrons. The molecular weight excluding hydrogens is 224 g/mol. The third-order valence-corrected chi connectivity index (χ3v) is 4.65. The number of likely N-dealkylation sites (N-methyl/N-ethyl adjacent to an activating group) is 1. The topological polar surface area (TPSA) is 63.4 Å². The van der Waals surface area contributed by atoms with Crippen molar-refractivity contribution in [3.63, 3.8) is 0 Å². The van der Waals surface area contributed by atoms with E-state index >= 15 is 0 Å². The van der Waals surface area contributed by atoms with Gasteiger partial charge in [0.25, 0.3) is 0 Å². The number of hydrogen-bond acceptors (Lipinski definition) is 3. The lowest BCUT2D eigenvalue weighted by Crippen LogP contribution is -2.39. The van der Waals surface area contributed by atoms with Gasteiger partial charge in [-0.25, -0.2) is 8.42 Å². The van der Waals surface area contributed by atoms with Crippen LogP contribution in [0.25, 0.3) is 0 Å². The minimum Gasteiger partial charge on any atom is -0.329 e. The zero-order valence-corrected chi connectivity index (χ0v) is 10.7. The zero-order valence-electron chi connectivity index (χ0n) is 9.84. The van der Waals surface area contributed by atoms with Crippen LogP contribution < -0.4 is 5.73 Å². The molecule has 0 radical (unpaired) electrons. The fourth-order valence-corrected chi connectivity index (χ4v) is 2.63. The van der Waals surface area contributed by atoms with Gasteiger partial charge in [-0.05, 0) is 26.0 Å². The quantitative estimate of drug-likeness (QED) is 0.855. The van der Waals surface area contributed by atoms with Crippen LogP contribution >= 0.6 is 0 Å². The van der Waals surface area contributed by atoms with Gasteiger partial charge in [-0.2, -0.15) is 4.31 Å². The summed E-state index contributed by atoms with van der Waals surface area (Å²) in [6.45, 7) is 4.01. The molecule has 0 saturated heterocycles. The second-order valence-electron chi connectivity index (χ2n) is 3.92. The molecule has 2 N–H and O–H groups in total. The third kappa shape index (κ3) is 2.61. The SMILES string of the molecule is Cc1ccc(S(=O)(=O)N(C)[C@H](C)CN)cc1. The maximum Gasteiger partial charge on any atom is 0.243 e. The van der Waals surface area contributed by atoms with Gasteiger partial charge in [-0.15, -0.1) is 0 Å². The van der Waals surface area contributed by atoms with Crippen LogP contribution in [-0.4, -0.2) is 32.4 Å². The molecule has 0 amide bonds. The number of hydrogen-bond donors (Lipinski definition) is 1. The van der Waals surface area contributed by atoms with E-state index in [1.807, 2.05) is 6.92 Å². The highest BCUT2D eigenvalue weighted by atomic mass is 32.2. The Kier molecular flexibility index (Phi) is 4.07. The Morgan fingerprint density at radius 2 is 1.81 bits per heavy atom. The Labute approximate surface area is 97.1 Å². The number of nitrogens with zero attached hydrogens (tertiary/aromatic N) is 1. The van der Waals surface area contributed by atoms with E-state index in [4.69, 9.17) is 5.73 Å². The lowest BCUT2D eigenvalue weighted by atomic mass is 10.2. The monoisotopic (exact) mass is 242 g/mol. The molecule has 5 heteroatoms. The van der Waals surface area contributed by atoms with Crippen molar-refractivity contribution in [3.8, 4) is 0 Å². The minimum atomic E-state index is -3.41. The summed E-state index contributed by atoms with van der Waals surface area (Å²) in [5.41, 5.74) is 6.50. The van der Waals surface area contributed by atoms with Crippen LogP contribution in [0, 0.1) is 6.92 Å². The van der Waals surface area contributed by atoms with Crippen LogP contribution in [0.4, 0.5) is 0 Å². The fraction of sp³-hybridized carbons (Fsp3) is 0.455. The van der Waals surface area contributed by atoms with Gasteiger partial charge in [0.1, 0.15) is 0 Å². The number of rotatable bonds is 4. The van der Waals surface area contributed by atoms with Gasteiger partial charge in [0.15, 0.2) is 0 Å². The van der Waals surface area contributed by atoms with E-state index in [9.17, 15) is 8.42 Å². The normalized spacial score (nSPS) is 14.1. The van der Waals surface area contributed by atoms with Gasteiger partial charge in [0.2, 0.25) is 10.0 Å². The predicted molar refractivity (Wildman–Crippen MR) is 64.6 cm³/mol. The van der Waals surface area contributed by atoms with Gasteiger partial charge < -0.3 is 5.73 Å². The summed E-state index contributed by atoms with van der Waals surface area (Å²) in [6.07, 6.45) is 0. The van der Waals surface area contributed by atoms with E-state index in [1.54, 1.807) is 38.2 Å². The Hall–Kier alpha value is -0.910. The molecule has 1 atom stereocenters. The maximum absolute atomic E-state index is 12.1. The van der Waals surface area contributed by atoms with Crippen molar-refractivity contribution < 1.29 is 8.42 Å². The summed E-state index contributed by atoms with van der Waals surface area (Å²) < 4.78 is 25.5. The molecule has 0 aliphatic heterocycles. The van der Waals surface area contributed by atoms with Crippen molar-refractivity contribution >= 4 is 10.0 Å². The molecule has 1 rings (SSSR count). The second-order valence-corrected chi connectivity index (χ2v) is 5.92. The first-order chi connectivity index (χ1) is 7.39. The van der Waals surface area contributed by atoms with Crippen LogP contribution in [0.5, 0.6) is 0 Å². The van der Waals surface area contributed by atoms with Crippen molar-refractivity contribution in [2.75, 3.05) is 13.6 Å². The number of aryl methyl sites for hydroxylation is 1. The van der Waals surface area contributed by atoms with Gasteiger partial charge in [0, 0.05) is 19.6 Å². The molecular formula is C11H18N2O2S. The highest BCUT2D eigenvalue weighted by Gasteiger charge is 2.24. The molecule has 0 spiro atoms. The Bertz CT molecular complexity index is 440. The first kappa shape index (κ1) is 13.2. The van der Waals surface area contributed by atoms with Gasteiger partial charge in [-0.1, -0.05) is 17.7 Å². The first-order valence-corrected chi connectivity index (χ1v) is 6.58. The molecule has 0 bridgehead atoms. The molecule has 0 aromatic heterocycles. The Morgan fingerprint density at radius 3 is 2.25 bits per heavy atom. The maximum atomic E-state index is 12.1. The van der Waals surface area contributed by atoms with Crippen molar-refractivity contribution in [2.24, 2.45) is 5.73 Å². The molecule has 0 aliphatic rings. The molecule has 1 aromatic rings. The lowest BCUT2D eigenvalue weighted by Gasteiger charge is -2.22. The highest BCUT2D eigenvalue weighted by molar-refractivity contribution is 7.89. The van der Waals surface area contributed by atoms with Gasteiger partial charge in [-0.3, -0.25) is 0 Å². The van der Waals surface area contributed by atoms with Crippen molar-refractivity contribution in [3.05, 3.63) is 29.8 Å². The van der Waals surface area contributed by atoms with E-state index in [0.29, 0.717) is 11.4 Å². The summed E-state index contributed by atoms with van der Waals surface area (Å²) in [7, 11) is -1.87. The Morgan fingerprint density at radius 1 is 1.31 bits per heavy atom. The smallest absolute Gasteiger partial charge is 0.243 e. The summed E-state index contributed by atoms with van der Waals surface area (Å²) in [6, 6.07) is 6.60. The predicted octanol–water partition coefficient (Wildman–Crippen LogP) is 0.963. The van der Waals surface area contributed by atoms with E-state index < -0.39 is 10.0 Å². The van der Waals surface area contributed by atoms with Crippen molar-refractivity contribution in [2.45, 2.75) is 24.8 Å². The number of sulfonamides is 1. The Balaban J connectivity index is 3.07. The largest absolute Gasteiger partial charge is 0.329 e. The van der Waals surface area contributed by atoms with Crippen LogP contribution in [0.1, 0.15) is 12.5 Å². The molecule has 4 nitrogen and oxygen atoms in total. The third-order valence-electron chi connectivity index (χ3n) is 2.66. The molecule has 0 heterocycles. The lowest BCUT2D eigenvalue weighted by molar-refractivity contribution is 0.394. The van der Waals surface area contributed by atoms with Crippen molar-refractivity contribution in [1.82, 2.24) is 4.31 Å². The second kappa shape index (κ2) is 4.95. The summed E-state index contributed by atoms with van der Waals surface area (Å²) in [5.74, 6) is 0. The molecule has 1 aromatic carbocycles. The summed E-state index contributed by atoms with van der Waals surface area (Å²) in [5, 5.41) is 0. The van der Waals surface area contributed by atoms with E-state index in [1.165, 1.54) is 4.31 Å². The summed E-state index contributed by atoms with van der Waals surface area (Å²) in [4.78, 5) is 0.306. The van der Waals surface area contributed by atoms with Crippen molar-refractivity contribution in [1.29, 1.82) is 0 Å². The fourth-order valence-electron chi connectivity index (χ4n) is 1.26. The summed E-state index contributed by atoms with van der Waals surface area (Å²) >= 11 is 0. The molecule has 16 heavy (non-hydrogen) atoms. The van der Waals surface area contributed by atoms with Gasteiger partial charge in [0.05, 0.1) is 4.90 Å². The molecule has 0 unspecified atom stereocenters. The van der Waals surface area contributed by atoms with Crippen LogP contribution in [0.3, 0.4) is 0 Å². The van der Waals surface area contributed by atoms with Crippen LogP contribution in [0.2, 0.25) is 0 Å². The van der Waals surface area contributed by atoms with Crippen LogP contribution in [0.15, 0.2) is 29.2 Å². The average molecular weight is 242 g/mol.